The van der Waals surface area contributed by atoms with Crippen LogP contribution in [0.3, 0.4) is 0 Å². The van der Waals surface area contributed by atoms with Gasteiger partial charge >= 0.3 is 5.97 Å². The second-order valence-electron chi connectivity index (χ2n) is 8.80. The van der Waals surface area contributed by atoms with Crippen LogP contribution in [0.4, 0.5) is 11.4 Å². The van der Waals surface area contributed by atoms with E-state index >= 15 is 0 Å². The number of carboxylic acids is 1. The second kappa shape index (κ2) is 9.74. The number of carboxylic acid groups (broad SMARTS) is 1. The Morgan fingerprint density at radius 1 is 1.22 bits per heavy atom. The lowest BCUT2D eigenvalue weighted by molar-refractivity contribution is -0.146. The van der Waals surface area contributed by atoms with Crippen molar-refractivity contribution < 1.29 is 19.4 Å². The molecule has 4 aromatic rings. The highest BCUT2D eigenvalue weighted by atomic mass is 16.5. The van der Waals surface area contributed by atoms with E-state index in [4.69, 9.17) is 9.84 Å². The molecule has 5 rings (SSSR count). The molecule has 12 heteroatoms. The summed E-state index contributed by atoms with van der Waals surface area (Å²) in [6.07, 6.45) is 4.31. The van der Waals surface area contributed by atoms with Crippen LogP contribution in [0.25, 0.3) is 16.9 Å². The van der Waals surface area contributed by atoms with Crippen molar-refractivity contribution in [1.82, 2.24) is 29.8 Å². The van der Waals surface area contributed by atoms with Crippen LogP contribution >= 0.6 is 0 Å². The number of benzene rings is 1. The Morgan fingerprint density at radius 2 is 2.06 bits per heavy atom. The van der Waals surface area contributed by atoms with Gasteiger partial charge in [-0.25, -0.2) is 4.52 Å². The van der Waals surface area contributed by atoms with E-state index in [0.717, 1.165) is 11.3 Å². The molecule has 3 N–H and O–H groups in total. The third kappa shape index (κ3) is 4.62. The molecule has 0 bridgehead atoms. The zero-order valence-electron chi connectivity index (χ0n) is 19.9. The SMILES string of the molecule is COCCNc1ccn2ncc(C(=O)Nc3cc(-c4nnn(C5CC(C(=O)O)C5)n4)ccc3C)c2c1. The molecular formula is C24H26N8O4. The number of methoxy groups -OCH3 is 1. The summed E-state index contributed by atoms with van der Waals surface area (Å²) in [5.74, 6) is -1.03. The molecule has 0 unspecified atom stereocenters. The lowest BCUT2D eigenvalue weighted by Crippen LogP contribution is -2.33. The molecule has 0 spiro atoms. The fourth-order valence-electron chi connectivity index (χ4n) is 4.12. The van der Waals surface area contributed by atoms with Crippen molar-refractivity contribution in [2.24, 2.45) is 5.92 Å². The summed E-state index contributed by atoms with van der Waals surface area (Å²) in [7, 11) is 1.64. The first-order chi connectivity index (χ1) is 17.4. The van der Waals surface area contributed by atoms with Gasteiger partial charge in [0.2, 0.25) is 5.82 Å². The number of nitrogens with one attached hydrogen (secondary N) is 2. The molecule has 0 aliphatic heterocycles. The summed E-state index contributed by atoms with van der Waals surface area (Å²) in [5.41, 5.74) is 4.17. The van der Waals surface area contributed by atoms with Gasteiger partial charge in [0.05, 0.1) is 35.8 Å². The number of nitrogens with zero attached hydrogens (tertiary/aromatic N) is 6. The molecule has 36 heavy (non-hydrogen) atoms. The molecule has 3 aromatic heterocycles. The third-order valence-electron chi connectivity index (χ3n) is 6.36. The molecule has 1 saturated carbocycles. The molecule has 1 aromatic carbocycles. The molecule has 3 heterocycles. The Labute approximate surface area is 206 Å². The summed E-state index contributed by atoms with van der Waals surface area (Å²) in [4.78, 5) is 25.7. The molecule has 0 saturated heterocycles. The maximum absolute atomic E-state index is 13.2. The fourth-order valence-corrected chi connectivity index (χ4v) is 4.12. The Morgan fingerprint density at radius 3 is 2.83 bits per heavy atom. The van der Waals surface area contributed by atoms with Crippen molar-refractivity contribution in [3.8, 4) is 11.4 Å². The van der Waals surface area contributed by atoms with Gasteiger partial charge in [-0.15, -0.1) is 10.2 Å². The molecule has 1 aliphatic rings. The molecule has 1 aliphatic carbocycles. The molecule has 0 radical (unpaired) electrons. The van der Waals surface area contributed by atoms with Gasteiger partial charge in [-0.1, -0.05) is 12.1 Å². The largest absolute Gasteiger partial charge is 0.481 e. The van der Waals surface area contributed by atoms with Crippen molar-refractivity contribution in [1.29, 1.82) is 0 Å². The summed E-state index contributed by atoms with van der Waals surface area (Å²) >= 11 is 0. The van der Waals surface area contributed by atoms with E-state index in [9.17, 15) is 9.59 Å². The van der Waals surface area contributed by atoms with Gasteiger partial charge in [-0.05, 0) is 48.7 Å². The number of ether oxygens (including phenoxy) is 1. The Hall–Kier alpha value is -4.32. The number of rotatable bonds is 9. The highest BCUT2D eigenvalue weighted by Crippen LogP contribution is 2.37. The van der Waals surface area contributed by atoms with Crippen molar-refractivity contribution in [2.75, 3.05) is 30.9 Å². The van der Waals surface area contributed by atoms with Crippen molar-refractivity contribution in [3.63, 3.8) is 0 Å². The fraction of sp³-hybridized carbons (Fsp3) is 0.333. The first-order valence-corrected chi connectivity index (χ1v) is 11.6. The number of hydrogen-bond donors (Lipinski definition) is 3. The predicted molar refractivity (Wildman–Crippen MR) is 131 cm³/mol. The number of aromatic nitrogens is 6. The Balaban J connectivity index is 1.33. The number of anilines is 2. The normalized spacial score (nSPS) is 17.1. The highest BCUT2D eigenvalue weighted by molar-refractivity contribution is 6.09. The van der Waals surface area contributed by atoms with E-state index in [-0.39, 0.29) is 17.9 Å². The maximum atomic E-state index is 13.2. The number of amides is 1. The van der Waals surface area contributed by atoms with Gasteiger partial charge in [-0.3, -0.25) is 9.59 Å². The molecule has 186 valence electrons. The van der Waals surface area contributed by atoms with Crippen LogP contribution < -0.4 is 10.6 Å². The number of tetrazole rings is 1. The molecule has 12 nitrogen and oxygen atoms in total. The number of pyridine rings is 1. The standard InChI is InChI=1S/C24H26N8O4/c1-14-3-4-15(22-28-30-32(29-22)18-9-16(10-18)24(34)35)11-20(14)27-23(33)19-13-26-31-7-5-17(12-21(19)31)25-6-8-36-2/h3-5,7,11-13,16,18,25H,6,8-10H2,1-2H3,(H,27,33)(H,34,35). The van der Waals surface area contributed by atoms with Crippen LogP contribution in [0.2, 0.25) is 0 Å². The highest BCUT2D eigenvalue weighted by Gasteiger charge is 2.37. The Bertz CT molecular complexity index is 1420. The molecular weight excluding hydrogens is 464 g/mol. The third-order valence-corrected chi connectivity index (χ3v) is 6.36. The van der Waals surface area contributed by atoms with Crippen LogP contribution in [0.15, 0.2) is 42.7 Å². The predicted octanol–water partition coefficient (Wildman–Crippen LogP) is 2.64. The van der Waals surface area contributed by atoms with Crippen molar-refractivity contribution in [2.45, 2.75) is 25.8 Å². The quantitative estimate of drug-likeness (QED) is 0.301. The average Bonchev–Trinajstić information content (AvgIpc) is 3.47. The first kappa shape index (κ1) is 23.4. The van der Waals surface area contributed by atoms with E-state index < -0.39 is 5.97 Å². The number of fused-ring (bicyclic) bond motifs is 1. The number of hydrogen-bond acceptors (Lipinski definition) is 8. The number of carbonyl (C=O) groups is 2. The summed E-state index contributed by atoms with van der Waals surface area (Å²) < 4.78 is 6.72. The monoisotopic (exact) mass is 490 g/mol. The van der Waals surface area contributed by atoms with E-state index in [1.807, 2.05) is 31.2 Å². The topological polar surface area (TPSA) is 149 Å². The second-order valence-corrected chi connectivity index (χ2v) is 8.80. The lowest BCUT2D eigenvalue weighted by Gasteiger charge is -2.30. The Kier molecular flexibility index (Phi) is 6.34. The minimum atomic E-state index is -0.796. The first-order valence-electron chi connectivity index (χ1n) is 11.6. The van der Waals surface area contributed by atoms with E-state index in [2.05, 4.69) is 31.1 Å². The summed E-state index contributed by atoms with van der Waals surface area (Å²) in [6.45, 7) is 3.12. The maximum Gasteiger partial charge on any atom is 0.306 e. The minimum Gasteiger partial charge on any atom is -0.481 e. The van der Waals surface area contributed by atoms with E-state index in [0.29, 0.717) is 54.1 Å². The van der Waals surface area contributed by atoms with Gasteiger partial charge in [0.25, 0.3) is 5.91 Å². The van der Waals surface area contributed by atoms with E-state index in [1.54, 1.807) is 30.1 Å². The average molecular weight is 491 g/mol. The zero-order valence-corrected chi connectivity index (χ0v) is 19.9. The smallest absolute Gasteiger partial charge is 0.306 e. The number of carbonyl (C=O) groups excluding carboxylic acids is 1. The van der Waals surface area contributed by atoms with Gasteiger partial charge < -0.3 is 20.5 Å². The zero-order chi connectivity index (χ0) is 25.2. The minimum absolute atomic E-state index is 0.0681. The van der Waals surface area contributed by atoms with Crippen LogP contribution in [-0.4, -0.2) is 67.1 Å². The lowest BCUT2D eigenvalue weighted by atomic mass is 9.81. The van der Waals surface area contributed by atoms with Crippen molar-refractivity contribution >= 4 is 28.8 Å². The van der Waals surface area contributed by atoms with E-state index in [1.165, 1.54) is 4.80 Å². The van der Waals surface area contributed by atoms with Gasteiger partial charge in [0.15, 0.2) is 0 Å². The molecule has 1 amide bonds. The van der Waals surface area contributed by atoms with Gasteiger partial charge in [0.1, 0.15) is 0 Å². The van der Waals surface area contributed by atoms with Crippen LogP contribution in [0, 0.1) is 12.8 Å². The van der Waals surface area contributed by atoms with Crippen molar-refractivity contribution in [3.05, 3.63) is 53.9 Å². The van der Waals surface area contributed by atoms with Gasteiger partial charge in [-0.2, -0.15) is 9.90 Å². The van der Waals surface area contributed by atoms with Crippen LogP contribution in [0.1, 0.15) is 34.8 Å². The number of aryl methyl sites for hydroxylation is 1. The van der Waals surface area contributed by atoms with Gasteiger partial charge in [0, 0.05) is 36.8 Å². The number of aliphatic carboxylic acids is 1. The molecule has 1 fully saturated rings. The van der Waals surface area contributed by atoms with Crippen LogP contribution in [-0.2, 0) is 9.53 Å². The summed E-state index contributed by atoms with van der Waals surface area (Å²) in [5, 5.41) is 32.3. The summed E-state index contributed by atoms with van der Waals surface area (Å²) in [6, 6.07) is 9.24. The molecule has 0 atom stereocenters. The van der Waals surface area contributed by atoms with Crippen LogP contribution in [0.5, 0.6) is 0 Å².